The van der Waals surface area contributed by atoms with Gasteiger partial charge in [0, 0.05) is 0 Å². The van der Waals surface area contributed by atoms with Crippen molar-refractivity contribution in [2.45, 2.75) is 6.54 Å². The molecule has 0 amide bonds. The van der Waals surface area contributed by atoms with Crippen LogP contribution in [0.4, 0.5) is 0 Å². The van der Waals surface area contributed by atoms with Gasteiger partial charge < -0.3 is 14.2 Å². The zero-order valence-electron chi connectivity index (χ0n) is 7.45. The molecule has 0 aliphatic carbocycles. The van der Waals surface area contributed by atoms with E-state index in [2.05, 4.69) is 15.5 Å². The molecule has 74 valence electrons. The van der Waals surface area contributed by atoms with Crippen molar-refractivity contribution in [1.82, 2.24) is 15.5 Å². The molecule has 0 radical (unpaired) electrons. The van der Waals surface area contributed by atoms with E-state index < -0.39 is 0 Å². The van der Waals surface area contributed by atoms with Gasteiger partial charge in [-0.3, -0.25) is 0 Å². The summed E-state index contributed by atoms with van der Waals surface area (Å²) in [6, 6.07) is 3.30. The molecule has 0 aliphatic rings. The largest absolute Gasteiger partial charge is 0.440 e. The zero-order chi connectivity index (χ0) is 9.97. The fraction of sp³-hybridized carbons (Fsp3) is 0.250. The van der Waals surface area contributed by atoms with Crippen molar-refractivity contribution in [2.24, 2.45) is 0 Å². The summed E-state index contributed by atoms with van der Waals surface area (Å²) in [5, 5.41) is 10.8. The third-order valence-corrected chi connectivity index (χ3v) is 1.78. The van der Waals surface area contributed by atoms with Crippen LogP contribution in [0, 0.1) is 0 Å². The molecule has 0 fully saturated rings. The van der Waals surface area contributed by atoms with Crippen LogP contribution < -0.4 is 5.32 Å². The molecule has 0 bridgehead atoms. The first-order chi connectivity index (χ1) is 6.79. The van der Waals surface area contributed by atoms with E-state index in [1.807, 2.05) is 0 Å². The van der Waals surface area contributed by atoms with Gasteiger partial charge in [0.15, 0.2) is 11.0 Å². The van der Waals surface area contributed by atoms with E-state index in [1.165, 1.54) is 0 Å². The summed E-state index contributed by atoms with van der Waals surface area (Å²) in [7, 11) is 1.80. The molecule has 6 heteroatoms. The Morgan fingerprint density at radius 2 is 2.21 bits per heavy atom. The SMILES string of the molecule is CNCc1nnc(-c2ccc(Cl)o2)o1. The highest BCUT2D eigenvalue weighted by molar-refractivity contribution is 6.28. The standard InChI is InChI=1S/C8H8ClN3O2/c1-10-4-7-11-12-8(14-7)5-2-3-6(9)13-5/h2-3,10H,4H2,1H3. The number of furan rings is 1. The Balaban J connectivity index is 2.24. The summed E-state index contributed by atoms with van der Waals surface area (Å²) in [5.74, 6) is 1.32. The molecule has 1 N–H and O–H groups in total. The molecule has 0 unspecified atom stereocenters. The normalized spacial score (nSPS) is 10.7. The predicted octanol–water partition coefficient (Wildman–Crippen LogP) is 1.70. The fourth-order valence-electron chi connectivity index (χ4n) is 1.01. The summed E-state index contributed by atoms with van der Waals surface area (Å²) >= 11 is 5.61. The monoisotopic (exact) mass is 213 g/mol. The van der Waals surface area contributed by atoms with Crippen molar-refractivity contribution >= 4 is 11.6 Å². The molecule has 0 saturated heterocycles. The molecule has 5 nitrogen and oxygen atoms in total. The zero-order valence-corrected chi connectivity index (χ0v) is 8.21. The number of rotatable bonds is 3. The maximum absolute atomic E-state index is 5.61. The molecule has 0 aromatic carbocycles. The molecule has 0 spiro atoms. The molecule has 2 rings (SSSR count). The third kappa shape index (κ3) is 1.78. The van der Waals surface area contributed by atoms with E-state index >= 15 is 0 Å². The Morgan fingerprint density at radius 3 is 2.86 bits per heavy atom. The van der Waals surface area contributed by atoms with Crippen molar-refractivity contribution in [3.8, 4) is 11.7 Å². The lowest BCUT2D eigenvalue weighted by Gasteiger charge is -1.88. The highest BCUT2D eigenvalue weighted by Crippen LogP contribution is 2.23. The molecule has 0 aliphatic heterocycles. The van der Waals surface area contributed by atoms with Gasteiger partial charge in [-0.25, -0.2) is 0 Å². The first-order valence-electron chi connectivity index (χ1n) is 4.02. The van der Waals surface area contributed by atoms with Gasteiger partial charge in [0.1, 0.15) is 0 Å². The van der Waals surface area contributed by atoms with Crippen molar-refractivity contribution in [3.63, 3.8) is 0 Å². The van der Waals surface area contributed by atoms with Crippen LogP contribution in [-0.2, 0) is 6.54 Å². The van der Waals surface area contributed by atoms with E-state index in [4.69, 9.17) is 20.4 Å². The van der Waals surface area contributed by atoms with E-state index in [9.17, 15) is 0 Å². The maximum Gasteiger partial charge on any atom is 0.283 e. The first kappa shape index (κ1) is 9.23. The third-order valence-electron chi connectivity index (χ3n) is 1.58. The Bertz CT molecular complexity index is 424. The van der Waals surface area contributed by atoms with Gasteiger partial charge in [-0.05, 0) is 30.8 Å². The van der Waals surface area contributed by atoms with E-state index in [1.54, 1.807) is 19.2 Å². The summed E-state index contributed by atoms with van der Waals surface area (Å²) in [5.41, 5.74) is 0. The van der Waals surface area contributed by atoms with Crippen LogP contribution in [0.2, 0.25) is 5.22 Å². The average Bonchev–Trinajstić information content (AvgIpc) is 2.74. The van der Waals surface area contributed by atoms with Crippen LogP contribution in [0.1, 0.15) is 5.89 Å². The lowest BCUT2D eigenvalue weighted by molar-refractivity contribution is 0.470. The summed E-state index contributed by atoms with van der Waals surface area (Å²) in [6.07, 6.45) is 0. The van der Waals surface area contributed by atoms with Gasteiger partial charge in [-0.2, -0.15) is 0 Å². The second-order valence-electron chi connectivity index (χ2n) is 2.64. The van der Waals surface area contributed by atoms with E-state index in [0.717, 1.165) is 0 Å². The minimum absolute atomic E-state index is 0.299. The predicted molar refractivity (Wildman–Crippen MR) is 49.8 cm³/mol. The smallest absolute Gasteiger partial charge is 0.283 e. The van der Waals surface area contributed by atoms with E-state index in [-0.39, 0.29) is 0 Å². The molecular weight excluding hydrogens is 206 g/mol. The minimum atomic E-state index is 0.299. The molecule has 0 atom stereocenters. The second-order valence-corrected chi connectivity index (χ2v) is 3.01. The van der Waals surface area contributed by atoms with Crippen molar-refractivity contribution in [1.29, 1.82) is 0 Å². The number of nitrogens with one attached hydrogen (secondary N) is 1. The Kier molecular flexibility index (Phi) is 2.51. The number of nitrogens with zero attached hydrogens (tertiary/aromatic N) is 2. The fourth-order valence-corrected chi connectivity index (χ4v) is 1.15. The quantitative estimate of drug-likeness (QED) is 0.841. The summed E-state index contributed by atoms with van der Waals surface area (Å²) in [6.45, 7) is 0.529. The van der Waals surface area contributed by atoms with Crippen molar-refractivity contribution in [2.75, 3.05) is 7.05 Å². The minimum Gasteiger partial charge on any atom is -0.440 e. The van der Waals surface area contributed by atoms with Gasteiger partial charge in [0.2, 0.25) is 5.89 Å². The lowest BCUT2D eigenvalue weighted by atomic mass is 10.4. The van der Waals surface area contributed by atoms with Crippen LogP contribution >= 0.6 is 11.6 Å². The molecule has 2 aromatic heterocycles. The lowest BCUT2D eigenvalue weighted by Crippen LogP contribution is -2.04. The Morgan fingerprint density at radius 1 is 1.36 bits per heavy atom. The number of aromatic nitrogens is 2. The van der Waals surface area contributed by atoms with Crippen LogP contribution in [0.3, 0.4) is 0 Å². The van der Waals surface area contributed by atoms with Crippen LogP contribution in [-0.4, -0.2) is 17.2 Å². The number of hydrogen-bond donors (Lipinski definition) is 1. The number of halogens is 1. The van der Waals surface area contributed by atoms with Crippen molar-refractivity contribution < 1.29 is 8.83 Å². The highest BCUT2D eigenvalue weighted by Gasteiger charge is 2.11. The molecular formula is C8H8ClN3O2. The number of hydrogen-bond acceptors (Lipinski definition) is 5. The molecule has 2 aromatic rings. The Labute approximate surface area is 85.1 Å². The second kappa shape index (κ2) is 3.81. The topological polar surface area (TPSA) is 64.1 Å². The summed E-state index contributed by atoms with van der Waals surface area (Å²) < 4.78 is 10.4. The van der Waals surface area contributed by atoms with Crippen LogP contribution in [0.25, 0.3) is 11.7 Å². The van der Waals surface area contributed by atoms with Gasteiger partial charge in [0.25, 0.3) is 5.89 Å². The molecule has 0 saturated carbocycles. The van der Waals surface area contributed by atoms with Gasteiger partial charge in [0.05, 0.1) is 6.54 Å². The van der Waals surface area contributed by atoms with Gasteiger partial charge in [-0.15, -0.1) is 10.2 Å². The van der Waals surface area contributed by atoms with Crippen LogP contribution in [0.5, 0.6) is 0 Å². The molecule has 2 heterocycles. The maximum atomic E-state index is 5.61. The first-order valence-corrected chi connectivity index (χ1v) is 4.40. The van der Waals surface area contributed by atoms with Gasteiger partial charge >= 0.3 is 0 Å². The van der Waals surface area contributed by atoms with E-state index in [0.29, 0.717) is 29.3 Å². The molecule has 14 heavy (non-hydrogen) atoms. The highest BCUT2D eigenvalue weighted by atomic mass is 35.5. The van der Waals surface area contributed by atoms with Crippen molar-refractivity contribution in [3.05, 3.63) is 23.2 Å². The average molecular weight is 214 g/mol. The van der Waals surface area contributed by atoms with Crippen LogP contribution in [0.15, 0.2) is 21.0 Å². The summed E-state index contributed by atoms with van der Waals surface area (Å²) in [4.78, 5) is 0. The van der Waals surface area contributed by atoms with Gasteiger partial charge in [-0.1, -0.05) is 0 Å². The Hall–Kier alpha value is -1.33.